The lowest BCUT2D eigenvalue weighted by atomic mass is 10.1. The van der Waals surface area contributed by atoms with E-state index < -0.39 is 18.0 Å². The van der Waals surface area contributed by atoms with Gasteiger partial charge in [0.2, 0.25) is 5.75 Å². The van der Waals surface area contributed by atoms with Gasteiger partial charge < -0.3 is 24.3 Å². The summed E-state index contributed by atoms with van der Waals surface area (Å²) >= 11 is 5.95. The summed E-state index contributed by atoms with van der Waals surface area (Å²) in [5, 5.41) is 11.7. The molecule has 0 heterocycles. The Balaban J connectivity index is 1.94. The van der Waals surface area contributed by atoms with Crippen molar-refractivity contribution in [3.63, 3.8) is 0 Å². The summed E-state index contributed by atoms with van der Waals surface area (Å²) in [6.45, 7) is 1.47. The molecule has 0 aliphatic carbocycles. The van der Waals surface area contributed by atoms with Crippen LogP contribution in [0.15, 0.2) is 30.3 Å². The third-order valence-electron chi connectivity index (χ3n) is 4.38. The molecule has 31 heavy (non-hydrogen) atoms. The number of carbonyl (C=O) groups is 2. The molecule has 164 valence electrons. The minimum atomic E-state index is -1.01. The van der Waals surface area contributed by atoms with Crippen LogP contribution in [-0.2, 0) is 20.7 Å². The number of methoxy groups -OCH3 is 3. The number of amides is 1. The molecular weight excluding hydrogens is 424 g/mol. The lowest BCUT2D eigenvalue weighted by Gasteiger charge is -2.15. The predicted molar refractivity (Wildman–Crippen MR) is 115 cm³/mol. The monoisotopic (exact) mass is 446 g/mol. The van der Waals surface area contributed by atoms with Crippen LogP contribution in [0.3, 0.4) is 0 Å². The Kier molecular flexibility index (Phi) is 8.53. The van der Waals surface area contributed by atoms with Crippen LogP contribution in [0.4, 0.5) is 5.69 Å². The van der Waals surface area contributed by atoms with Gasteiger partial charge in [-0.3, -0.25) is 9.59 Å². The molecule has 2 rings (SSSR count). The van der Waals surface area contributed by atoms with Crippen molar-refractivity contribution in [1.82, 2.24) is 0 Å². The summed E-state index contributed by atoms with van der Waals surface area (Å²) in [4.78, 5) is 24.5. The molecule has 2 aromatic rings. The molecule has 0 spiro atoms. The number of nitriles is 1. The molecule has 0 aliphatic heterocycles. The Morgan fingerprint density at radius 3 is 2.26 bits per heavy atom. The van der Waals surface area contributed by atoms with E-state index in [9.17, 15) is 9.59 Å². The Labute approximate surface area is 185 Å². The molecule has 0 saturated carbocycles. The fourth-order valence-corrected chi connectivity index (χ4v) is 2.99. The number of hydrogen-bond donors (Lipinski definition) is 1. The Morgan fingerprint density at radius 2 is 1.74 bits per heavy atom. The Bertz CT molecular complexity index is 977. The highest BCUT2D eigenvalue weighted by molar-refractivity contribution is 6.32. The number of carbonyl (C=O) groups excluding carboxylic acids is 2. The number of rotatable bonds is 9. The average Bonchev–Trinajstić information content (AvgIpc) is 2.76. The number of ether oxygens (including phenoxy) is 4. The van der Waals surface area contributed by atoms with Crippen LogP contribution < -0.4 is 19.5 Å². The number of esters is 1. The molecule has 0 fully saturated rings. The molecular formula is C22H23ClN2O6. The average molecular weight is 447 g/mol. The van der Waals surface area contributed by atoms with Gasteiger partial charge in [0.15, 0.2) is 17.6 Å². The van der Waals surface area contributed by atoms with Gasteiger partial charge in [0.25, 0.3) is 5.91 Å². The van der Waals surface area contributed by atoms with E-state index in [0.29, 0.717) is 34.9 Å². The van der Waals surface area contributed by atoms with Crippen molar-refractivity contribution in [2.45, 2.75) is 25.9 Å². The van der Waals surface area contributed by atoms with E-state index in [0.717, 1.165) is 5.56 Å². The molecule has 1 N–H and O–H groups in total. The van der Waals surface area contributed by atoms with Gasteiger partial charge in [0, 0.05) is 12.1 Å². The van der Waals surface area contributed by atoms with Crippen molar-refractivity contribution >= 4 is 29.2 Å². The Morgan fingerprint density at radius 1 is 1.10 bits per heavy atom. The smallest absolute Gasteiger partial charge is 0.306 e. The van der Waals surface area contributed by atoms with Crippen LogP contribution in [0.2, 0.25) is 5.02 Å². The van der Waals surface area contributed by atoms with E-state index >= 15 is 0 Å². The van der Waals surface area contributed by atoms with Crippen LogP contribution in [0.1, 0.15) is 24.5 Å². The van der Waals surface area contributed by atoms with Crippen molar-refractivity contribution < 1.29 is 28.5 Å². The van der Waals surface area contributed by atoms with Crippen LogP contribution in [0.5, 0.6) is 17.2 Å². The highest BCUT2D eigenvalue weighted by Gasteiger charge is 2.19. The van der Waals surface area contributed by atoms with Gasteiger partial charge in [-0.05, 0) is 49.2 Å². The van der Waals surface area contributed by atoms with Crippen molar-refractivity contribution in [3.05, 3.63) is 46.5 Å². The van der Waals surface area contributed by atoms with Gasteiger partial charge in [-0.1, -0.05) is 11.6 Å². The lowest BCUT2D eigenvalue weighted by Crippen LogP contribution is -2.30. The summed E-state index contributed by atoms with van der Waals surface area (Å²) in [6, 6.07) is 9.93. The van der Waals surface area contributed by atoms with Crippen molar-refractivity contribution in [1.29, 1.82) is 5.26 Å². The minimum Gasteiger partial charge on any atom is -0.493 e. The lowest BCUT2D eigenvalue weighted by molar-refractivity contribution is -0.153. The van der Waals surface area contributed by atoms with E-state index in [4.69, 9.17) is 35.8 Å². The third kappa shape index (κ3) is 6.27. The normalized spacial score (nSPS) is 11.1. The van der Waals surface area contributed by atoms with E-state index in [1.807, 2.05) is 6.07 Å². The van der Waals surface area contributed by atoms with E-state index in [1.165, 1.54) is 40.4 Å². The molecule has 1 atom stereocenters. The first-order valence-corrected chi connectivity index (χ1v) is 9.69. The summed E-state index contributed by atoms with van der Waals surface area (Å²) in [5.74, 6) is 0.388. The number of halogens is 1. The van der Waals surface area contributed by atoms with Gasteiger partial charge >= 0.3 is 5.97 Å². The first kappa shape index (κ1) is 23.8. The summed E-state index contributed by atoms with van der Waals surface area (Å²) in [6.07, 6.45) is -0.601. The fraction of sp³-hybridized carbons (Fsp3) is 0.318. The predicted octanol–water partition coefficient (Wildman–Crippen LogP) is 3.74. The topological polar surface area (TPSA) is 107 Å². The highest BCUT2D eigenvalue weighted by atomic mass is 35.5. The third-order valence-corrected chi connectivity index (χ3v) is 4.69. The number of nitrogens with one attached hydrogen (secondary N) is 1. The maximum Gasteiger partial charge on any atom is 0.306 e. The minimum absolute atomic E-state index is 0.0545. The quantitative estimate of drug-likeness (QED) is 0.584. The number of hydrogen-bond acceptors (Lipinski definition) is 7. The molecule has 1 unspecified atom stereocenters. The summed E-state index contributed by atoms with van der Waals surface area (Å²) < 4.78 is 21.1. The summed E-state index contributed by atoms with van der Waals surface area (Å²) in [7, 11) is 4.53. The number of aryl methyl sites for hydroxylation is 1. The number of anilines is 1. The van der Waals surface area contributed by atoms with Crippen molar-refractivity contribution in [2.75, 3.05) is 26.6 Å². The van der Waals surface area contributed by atoms with Crippen molar-refractivity contribution in [3.8, 4) is 23.3 Å². The van der Waals surface area contributed by atoms with E-state index in [-0.39, 0.29) is 11.4 Å². The maximum atomic E-state index is 12.3. The first-order valence-electron chi connectivity index (χ1n) is 9.31. The van der Waals surface area contributed by atoms with Gasteiger partial charge in [0.05, 0.1) is 31.9 Å². The van der Waals surface area contributed by atoms with Crippen LogP contribution in [-0.4, -0.2) is 39.3 Å². The second-order valence-electron chi connectivity index (χ2n) is 6.46. The zero-order chi connectivity index (χ0) is 23.0. The SMILES string of the molecule is COc1cc(CCC(=O)OC(C)C(=O)Nc2ccc(C#N)c(Cl)c2)cc(OC)c1OC. The number of benzene rings is 2. The molecule has 0 aliphatic rings. The molecule has 0 bridgehead atoms. The van der Waals surface area contributed by atoms with Gasteiger partial charge in [-0.2, -0.15) is 5.26 Å². The van der Waals surface area contributed by atoms with Gasteiger partial charge in [-0.15, -0.1) is 0 Å². The maximum absolute atomic E-state index is 12.3. The zero-order valence-electron chi connectivity index (χ0n) is 17.7. The molecule has 0 radical (unpaired) electrons. The molecule has 0 aromatic heterocycles. The van der Waals surface area contributed by atoms with Crippen LogP contribution in [0.25, 0.3) is 0 Å². The number of nitrogens with zero attached hydrogens (tertiary/aromatic N) is 1. The molecule has 2 aromatic carbocycles. The molecule has 0 saturated heterocycles. The largest absolute Gasteiger partial charge is 0.493 e. The zero-order valence-corrected chi connectivity index (χ0v) is 18.4. The second kappa shape index (κ2) is 11.1. The standard InChI is InChI=1S/C22H23ClN2O6/c1-13(22(27)25-16-7-6-15(12-24)17(23)11-16)31-20(26)8-5-14-9-18(28-2)21(30-4)19(10-14)29-3/h6-7,9-11,13H,5,8H2,1-4H3,(H,25,27). The molecule has 9 heteroatoms. The van der Waals surface area contributed by atoms with Crippen LogP contribution in [0, 0.1) is 11.3 Å². The van der Waals surface area contributed by atoms with Crippen molar-refractivity contribution in [2.24, 2.45) is 0 Å². The van der Waals surface area contributed by atoms with Gasteiger partial charge in [0.1, 0.15) is 6.07 Å². The van der Waals surface area contributed by atoms with Gasteiger partial charge in [-0.25, -0.2) is 0 Å². The van der Waals surface area contributed by atoms with E-state index in [1.54, 1.807) is 18.2 Å². The molecule has 8 nitrogen and oxygen atoms in total. The fourth-order valence-electron chi connectivity index (χ4n) is 2.76. The molecule has 1 amide bonds. The van der Waals surface area contributed by atoms with Crippen LogP contribution >= 0.6 is 11.6 Å². The first-order chi connectivity index (χ1) is 14.8. The van der Waals surface area contributed by atoms with E-state index in [2.05, 4.69) is 5.32 Å². The highest BCUT2D eigenvalue weighted by Crippen LogP contribution is 2.38. The Hall–Kier alpha value is -3.44. The summed E-state index contributed by atoms with van der Waals surface area (Å²) in [5.41, 5.74) is 1.48. The second-order valence-corrected chi connectivity index (χ2v) is 6.87.